The Hall–Kier alpha value is -2.94. The maximum absolute atomic E-state index is 12.8. The van der Waals surface area contributed by atoms with E-state index in [2.05, 4.69) is 15.4 Å². The van der Waals surface area contributed by atoms with Crippen LogP contribution in [-0.4, -0.2) is 42.0 Å². The molecule has 172 valence electrons. The maximum atomic E-state index is 12.8. The summed E-state index contributed by atoms with van der Waals surface area (Å²) < 4.78 is 4.65. The molecule has 0 spiro atoms. The number of esters is 1. The van der Waals surface area contributed by atoms with Gasteiger partial charge in [0.1, 0.15) is 6.04 Å². The first-order valence-electron chi connectivity index (χ1n) is 10.3. The van der Waals surface area contributed by atoms with E-state index in [0.717, 1.165) is 0 Å². The van der Waals surface area contributed by atoms with Crippen LogP contribution in [0.5, 0.6) is 0 Å². The molecule has 1 rings (SSSR count). The topological polar surface area (TPSA) is 134 Å². The second-order valence-electron chi connectivity index (χ2n) is 8.31. The number of hydroxylamine groups is 1. The van der Waals surface area contributed by atoms with Crippen molar-refractivity contribution in [2.45, 2.75) is 53.0 Å². The molecule has 0 fully saturated rings. The summed E-state index contributed by atoms with van der Waals surface area (Å²) in [6, 6.07) is 5.41. The molecule has 3 amide bonds. The van der Waals surface area contributed by atoms with Crippen LogP contribution in [0, 0.1) is 17.8 Å². The highest BCUT2D eigenvalue weighted by molar-refractivity contribution is 5.98. The lowest BCUT2D eigenvalue weighted by molar-refractivity contribution is -0.136. The molecule has 2 unspecified atom stereocenters. The van der Waals surface area contributed by atoms with Gasteiger partial charge in [0.05, 0.1) is 12.7 Å². The number of benzene rings is 1. The molecule has 0 saturated carbocycles. The predicted octanol–water partition coefficient (Wildman–Crippen LogP) is 2.50. The SMILES string of the molecule is COC(=O)c1ccc(NC(=O)C(CC(C)C)NC(=O)C(CC(=O)NO)CC(C)C)cc1. The predicted molar refractivity (Wildman–Crippen MR) is 115 cm³/mol. The molecule has 0 aliphatic rings. The van der Waals surface area contributed by atoms with Crippen LogP contribution < -0.4 is 16.1 Å². The van der Waals surface area contributed by atoms with Gasteiger partial charge in [0.15, 0.2) is 0 Å². The first-order valence-corrected chi connectivity index (χ1v) is 10.3. The average Bonchev–Trinajstić information content (AvgIpc) is 2.71. The van der Waals surface area contributed by atoms with E-state index in [1.165, 1.54) is 19.2 Å². The van der Waals surface area contributed by atoms with Crippen molar-refractivity contribution >= 4 is 29.4 Å². The average molecular weight is 436 g/mol. The number of hydrogen-bond donors (Lipinski definition) is 4. The largest absolute Gasteiger partial charge is 0.465 e. The summed E-state index contributed by atoms with van der Waals surface area (Å²) in [5.74, 6) is -2.35. The Morgan fingerprint density at radius 3 is 2.00 bits per heavy atom. The molecule has 0 heterocycles. The second-order valence-corrected chi connectivity index (χ2v) is 8.31. The van der Waals surface area contributed by atoms with Crippen molar-refractivity contribution in [1.82, 2.24) is 10.8 Å². The molecule has 0 aliphatic heterocycles. The number of methoxy groups -OCH3 is 1. The van der Waals surface area contributed by atoms with Gasteiger partial charge in [-0.2, -0.15) is 0 Å². The molecule has 9 heteroatoms. The number of carbonyl (C=O) groups excluding carboxylic acids is 4. The van der Waals surface area contributed by atoms with E-state index in [9.17, 15) is 19.2 Å². The van der Waals surface area contributed by atoms with Crippen LogP contribution in [-0.2, 0) is 19.1 Å². The van der Waals surface area contributed by atoms with E-state index in [4.69, 9.17) is 5.21 Å². The Bertz CT molecular complexity index is 761. The fraction of sp³-hybridized carbons (Fsp3) is 0.545. The first kappa shape index (κ1) is 26.1. The summed E-state index contributed by atoms with van der Waals surface area (Å²) in [4.78, 5) is 48.8. The van der Waals surface area contributed by atoms with Crippen molar-refractivity contribution < 1.29 is 29.1 Å². The van der Waals surface area contributed by atoms with Crippen molar-refractivity contribution in [3.63, 3.8) is 0 Å². The van der Waals surface area contributed by atoms with Gasteiger partial charge in [0.2, 0.25) is 17.7 Å². The van der Waals surface area contributed by atoms with Crippen LogP contribution in [0.25, 0.3) is 0 Å². The van der Waals surface area contributed by atoms with Crippen molar-refractivity contribution in [2.24, 2.45) is 17.8 Å². The van der Waals surface area contributed by atoms with Crippen LogP contribution in [0.1, 0.15) is 57.3 Å². The Labute approximate surface area is 182 Å². The van der Waals surface area contributed by atoms with Crippen LogP contribution in [0.4, 0.5) is 5.69 Å². The van der Waals surface area contributed by atoms with Crippen LogP contribution in [0.3, 0.4) is 0 Å². The van der Waals surface area contributed by atoms with Crippen molar-refractivity contribution in [1.29, 1.82) is 0 Å². The van der Waals surface area contributed by atoms with Gasteiger partial charge in [-0.05, 0) is 48.9 Å². The van der Waals surface area contributed by atoms with Gasteiger partial charge >= 0.3 is 5.97 Å². The third kappa shape index (κ3) is 9.17. The van der Waals surface area contributed by atoms with Crippen molar-refractivity contribution in [3.8, 4) is 0 Å². The molecule has 0 bridgehead atoms. The van der Waals surface area contributed by atoms with Crippen LogP contribution in [0.15, 0.2) is 24.3 Å². The summed E-state index contributed by atoms with van der Waals surface area (Å²) in [6.45, 7) is 7.71. The fourth-order valence-electron chi connectivity index (χ4n) is 3.15. The number of ether oxygens (including phenoxy) is 1. The third-order valence-corrected chi connectivity index (χ3v) is 4.60. The van der Waals surface area contributed by atoms with Crippen molar-refractivity contribution in [2.75, 3.05) is 12.4 Å². The molecule has 0 aromatic heterocycles. The molecule has 0 radical (unpaired) electrons. The Morgan fingerprint density at radius 2 is 1.52 bits per heavy atom. The monoisotopic (exact) mass is 435 g/mol. The number of nitrogens with one attached hydrogen (secondary N) is 3. The number of carbonyl (C=O) groups is 4. The molecule has 4 N–H and O–H groups in total. The molecule has 2 atom stereocenters. The highest BCUT2D eigenvalue weighted by atomic mass is 16.5. The number of rotatable bonds is 11. The number of anilines is 1. The van der Waals surface area contributed by atoms with E-state index in [-0.39, 0.29) is 18.3 Å². The maximum Gasteiger partial charge on any atom is 0.337 e. The minimum atomic E-state index is -0.806. The van der Waals surface area contributed by atoms with E-state index in [1.807, 2.05) is 27.7 Å². The Kier molecular flexibility index (Phi) is 10.7. The van der Waals surface area contributed by atoms with Gasteiger partial charge in [0.25, 0.3) is 0 Å². The van der Waals surface area contributed by atoms with E-state index >= 15 is 0 Å². The minimum absolute atomic E-state index is 0.127. The van der Waals surface area contributed by atoms with Crippen LogP contribution in [0.2, 0.25) is 0 Å². The quantitative estimate of drug-likeness (QED) is 0.240. The zero-order valence-electron chi connectivity index (χ0n) is 18.7. The third-order valence-electron chi connectivity index (χ3n) is 4.60. The Balaban J connectivity index is 2.92. The normalized spacial score (nSPS) is 12.8. The first-order chi connectivity index (χ1) is 14.6. The zero-order chi connectivity index (χ0) is 23.6. The van der Waals surface area contributed by atoms with E-state index < -0.39 is 35.7 Å². The Morgan fingerprint density at radius 1 is 0.935 bits per heavy atom. The van der Waals surface area contributed by atoms with Crippen molar-refractivity contribution in [3.05, 3.63) is 29.8 Å². The minimum Gasteiger partial charge on any atom is -0.465 e. The second kappa shape index (κ2) is 12.7. The number of hydrogen-bond acceptors (Lipinski definition) is 6. The summed E-state index contributed by atoms with van der Waals surface area (Å²) in [7, 11) is 1.29. The van der Waals surface area contributed by atoms with Gasteiger partial charge in [-0.1, -0.05) is 27.7 Å². The van der Waals surface area contributed by atoms with Gasteiger partial charge in [-0.15, -0.1) is 0 Å². The summed E-state index contributed by atoms with van der Waals surface area (Å²) in [5, 5.41) is 14.3. The van der Waals surface area contributed by atoms with Crippen LogP contribution >= 0.6 is 0 Å². The lowest BCUT2D eigenvalue weighted by Gasteiger charge is -2.24. The zero-order valence-corrected chi connectivity index (χ0v) is 18.7. The standard InChI is InChI=1S/C22H33N3O6/c1-13(2)10-16(12-19(26)25-30)20(27)24-18(11-14(3)4)21(28)23-17-8-6-15(7-9-17)22(29)31-5/h6-9,13-14,16,18,30H,10-12H2,1-5H3,(H,23,28)(H,24,27)(H,25,26). The van der Waals surface area contributed by atoms with Gasteiger partial charge in [0, 0.05) is 18.0 Å². The lowest BCUT2D eigenvalue weighted by Crippen LogP contribution is -2.47. The smallest absolute Gasteiger partial charge is 0.337 e. The summed E-state index contributed by atoms with van der Waals surface area (Å²) >= 11 is 0. The van der Waals surface area contributed by atoms with Gasteiger partial charge in [-0.25, -0.2) is 10.3 Å². The summed E-state index contributed by atoms with van der Waals surface area (Å²) in [6.07, 6.45) is 0.661. The molecule has 0 saturated heterocycles. The van der Waals surface area contributed by atoms with Gasteiger partial charge in [-0.3, -0.25) is 19.6 Å². The summed E-state index contributed by atoms with van der Waals surface area (Å²) in [5.41, 5.74) is 2.37. The highest BCUT2D eigenvalue weighted by Gasteiger charge is 2.28. The van der Waals surface area contributed by atoms with E-state index in [1.54, 1.807) is 17.6 Å². The molecule has 1 aromatic carbocycles. The number of amides is 3. The fourth-order valence-corrected chi connectivity index (χ4v) is 3.15. The molecular weight excluding hydrogens is 402 g/mol. The molecule has 31 heavy (non-hydrogen) atoms. The molecule has 9 nitrogen and oxygen atoms in total. The molecular formula is C22H33N3O6. The molecule has 1 aromatic rings. The lowest BCUT2D eigenvalue weighted by atomic mass is 9.92. The molecule has 0 aliphatic carbocycles. The highest BCUT2D eigenvalue weighted by Crippen LogP contribution is 2.18. The van der Waals surface area contributed by atoms with Gasteiger partial charge < -0.3 is 15.4 Å². The van der Waals surface area contributed by atoms with E-state index in [0.29, 0.717) is 24.1 Å².